The van der Waals surface area contributed by atoms with Gasteiger partial charge in [-0.3, -0.25) is 9.59 Å². The quantitative estimate of drug-likeness (QED) is 0.434. The van der Waals surface area contributed by atoms with E-state index >= 15 is 0 Å². The zero-order valence-corrected chi connectivity index (χ0v) is 22.5. The lowest BCUT2D eigenvalue weighted by molar-refractivity contribution is -0.220. The van der Waals surface area contributed by atoms with Crippen molar-refractivity contribution in [1.82, 2.24) is 0 Å². The number of carbonyl (C=O) groups is 2. The molecule has 4 heteroatoms. The molecule has 0 bridgehead atoms. The molecule has 0 aromatic rings. The fourth-order valence-electron chi connectivity index (χ4n) is 10.6. The third-order valence-electron chi connectivity index (χ3n) is 12.7. The van der Waals surface area contributed by atoms with Crippen molar-refractivity contribution < 1.29 is 19.8 Å². The maximum absolute atomic E-state index is 12.9. The lowest BCUT2D eigenvalue weighted by Gasteiger charge is -2.71. The van der Waals surface area contributed by atoms with E-state index in [0.717, 1.165) is 44.9 Å². The van der Waals surface area contributed by atoms with Crippen LogP contribution in [0.15, 0.2) is 11.6 Å². The third-order valence-corrected chi connectivity index (χ3v) is 12.7. The topological polar surface area (TPSA) is 74.6 Å². The number of hydrogen-bond acceptors (Lipinski definition) is 3. The first-order valence-electron chi connectivity index (χ1n) is 13.7. The highest BCUT2D eigenvalue weighted by molar-refractivity contribution is 5.85. The van der Waals surface area contributed by atoms with Gasteiger partial charge in [-0.05, 0) is 84.9 Å². The van der Waals surface area contributed by atoms with Crippen LogP contribution in [0, 0.1) is 50.2 Å². The van der Waals surface area contributed by atoms with Crippen LogP contribution in [-0.2, 0) is 9.59 Å². The van der Waals surface area contributed by atoms with Crippen molar-refractivity contribution in [2.45, 2.75) is 112 Å². The second kappa shape index (κ2) is 6.99. The van der Waals surface area contributed by atoms with E-state index in [1.54, 1.807) is 0 Å². The average molecular weight is 471 g/mol. The maximum atomic E-state index is 12.9. The average Bonchev–Trinajstić information content (AvgIpc) is 2.70. The Morgan fingerprint density at radius 1 is 0.941 bits per heavy atom. The number of carboxylic acid groups (broad SMARTS) is 1. The van der Waals surface area contributed by atoms with Crippen molar-refractivity contribution in [2.75, 3.05) is 0 Å². The fourth-order valence-corrected chi connectivity index (χ4v) is 10.6. The summed E-state index contributed by atoms with van der Waals surface area (Å²) in [6, 6.07) is 0. The number of rotatable bonds is 1. The number of ketones is 1. The SMILES string of the molecule is CC1(C)CC[C@]2(C(=O)O)CC[C@]3(C)C(=CC[C@H]4[C@@]5(C)CCC(=O)C(C)(C)[C@@H]5[C@@H](O)C[C@]43C)[C@@H]2C1. The van der Waals surface area contributed by atoms with Crippen LogP contribution < -0.4 is 0 Å². The van der Waals surface area contributed by atoms with Crippen molar-refractivity contribution in [2.24, 2.45) is 50.2 Å². The van der Waals surface area contributed by atoms with Gasteiger partial charge in [-0.2, -0.15) is 0 Å². The second-order valence-electron chi connectivity index (χ2n) is 15.0. The number of aliphatic hydroxyl groups is 1. The number of Topliss-reactive ketones (excluding diaryl/α,β-unsaturated/α-hetero) is 1. The van der Waals surface area contributed by atoms with Gasteiger partial charge in [0, 0.05) is 17.8 Å². The number of allylic oxidation sites excluding steroid dienone is 2. The number of aliphatic hydroxyl groups excluding tert-OH is 1. The molecule has 0 aliphatic heterocycles. The lowest BCUT2D eigenvalue weighted by Crippen LogP contribution is -2.68. The Hall–Kier alpha value is -1.16. The molecule has 5 aliphatic carbocycles. The Kier molecular flexibility index (Phi) is 5.04. The third kappa shape index (κ3) is 2.81. The summed E-state index contributed by atoms with van der Waals surface area (Å²) >= 11 is 0. The molecule has 8 atom stereocenters. The Morgan fingerprint density at radius 3 is 2.24 bits per heavy atom. The highest BCUT2D eigenvalue weighted by Gasteiger charge is 2.71. The van der Waals surface area contributed by atoms with Crippen LogP contribution in [-0.4, -0.2) is 28.1 Å². The van der Waals surface area contributed by atoms with Crippen molar-refractivity contribution in [3.05, 3.63) is 11.6 Å². The number of fused-ring (bicyclic) bond motifs is 7. The number of carbonyl (C=O) groups excluding carboxylic acids is 1. The molecule has 0 aromatic heterocycles. The van der Waals surface area contributed by atoms with Crippen LogP contribution >= 0.6 is 0 Å². The summed E-state index contributed by atoms with van der Waals surface area (Å²) in [6.07, 6.45) is 9.35. The first kappa shape index (κ1) is 24.5. The van der Waals surface area contributed by atoms with Gasteiger partial charge in [0.2, 0.25) is 0 Å². The number of aliphatic carboxylic acids is 1. The molecule has 0 amide bonds. The standard InChI is InChI=1S/C30H46O4/c1-25(2)12-14-30(24(33)34)15-13-28(6)18(19(30)16-25)8-9-21-27(5)11-10-22(32)26(3,4)23(27)20(31)17-29(21,28)7/h8,19-21,23,31H,9-17H2,1-7H3,(H,33,34)/t19-,20-,21-,23-,27+,28+,29+,30-/m0/s1. The summed E-state index contributed by atoms with van der Waals surface area (Å²) in [5, 5.41) is 22.2. The molecule has 0 spiro atoms. The van der Waals surface area contributed by atoms with E-state index in [1.165, 1.54) is 5.57 Å². The predicted octanol–water partition coefficient (Wildman–Crippen LogP) is 6.41. The van der Waals surface area contributed by atoms with Crippen molar-refractivity contribution in [1.29, 1.82) is 0 Å². The van der Waals surface area contributed by atoms with E-state index in [9.17, 15) is 19.8 Å². The highest BCUT2D eigenvalue weighted by Crippen LogP contribution is 2.75. The molecular weight excluding hydrogens is 424 g/mol. The Morgan fingerprint density at radius 2 is 1.59 bits per heavy atom. The molecule has 34 heavy (non-hydrogen) atoms. The van der Waals surface area contributed by atoms with E-state index in [4.69, 9.17) is 0 Å². The predicted molar refractivity (Wildman–Crippen MR) is 133 cm³/mol. The van der Waals surface area contributed by atoms with Crippen LogP contribution in [0.1, 0.15) is 106 Å². The Balaban J connectivity index is 1.63. The number of hydrogen-bond donors (Lipinski definition) is 2. The van der Waals surface area contributed by atoms with E-state index in [0.29, 0.717) is 24.5 Å². The summed E-state index contributed by atoms with van der Waals surface area (Å²) in [5.74, 6) is 0.143. The van der Waals surface area contributed by atoms with Gasteiger partial charge in [0.05, 0.1) is 11.5 Å². The first-order chi connectivity index (χ1) is 15.6. The smallest absolute Gasteiger partial charge is 0.310 e. The fraction of sp³-hybridized carbons (Fsp3) is 0.867. The molecule has 0 heterocycles. The van der Waals surface area contributed by atoms with Gasteiger partial charge in [0.1, 0.15) is 5.78 Å². The van der Waals surface area contributed by atoms with Gasteiger partial charge in [-0.25, -0.2) is 0 Å². The van der Waals surface area contributed by atoms with Gasteiger partial charge in [-0.15, -0.1) is 0 Å². The van der Waals surface area contributed by atoms with Crippen molar-refractivity contribution in [3.8, 4) is 0 Å². The summed E-state index contributed by atoms with van der Waals surface area (Å²) in [6.45, 7) is 15.9. The maximum Gasteiger partial charge on any atom is 0.310 e. The lowest BCUT2D eigenvalue weighted by atomic mass is 9.33. The molecule has 0 unspecified atom stereocenters. The largest absolute Gasteiger partial charge is 0.481 e. The van der Waals surface area contributed by atoms with Gasteiger partial charge < -0.3 is 10.2 Å². The van der Waals surface area contributed by atoms with Crippen LogP contribution in [0.4, 0.5) is 0 Å². The minimum absolute atomic E-state index is 0.0202. The summed E-state index contributed by atoms with van der Waals surface area (Å²) in [7, 11) is 0. The van der Waals surface area contributed by atoms with Gasteiger partial charge in [0.25, 0.3) is 0 Å². The zero-order valence-electron chi connectivity index (χ0n) is 22.5. The van der Waals surface area contributed by atoms with E-state index in [2.05, 4.69) is 54.5 Å². The molecule has 2 N–H and O–H groups in total. The molecule has 5 rings (SSSR count). The molecule has 4 nitrogen and oxygen atoms in total. The minimum atomic E-state index is -0.636. The number of carboxylic acids is 1. The van der Waals surface area contributed by atoms with E-state index in [-0.39, 0.29) is 33.5 Å². The zero-order chi connectivity index (χ0) is 25.1. The van der Waals surface area contributed by atoms with Gasteiger partial charge >= 0.3 is 5.97 Å². The summed E-state index contributed by atoms with van der Waals surface area (Å²) in [5.41, 5.74) is 0.0744. The normalized spacial score (nSPS) is 51.3. The van der Waals surface area contributed by atoms with Crippen LogP contribution in [0.3, 0.4) is 0 Å². The summed E-state index contributed by atoms with van der Waals surface area (Å²) in [4.78, 5) is 25.7. The monoisotopic (exact) mass is 470 g/mol. The van der Waals surface area contributed by atoms with Crippen LogP contribution in [0.2, 0.25) is 0 Å². The van der Waals surface area contributed by atoms with E-state index in [1.807, 2.05) is 0 Å². The molecule has 5 aliphatic rings. The molecule has 0 saturated heterocycles. The van der Waals surface area contributed by atoms with Crippen LogP contribution in [0.25, 0.3) is 0 Å². The van der Waals surface area contributed by atoms with Gasteiger partial charge in [-0.1, -0.05) is 60.1 Å². The molecule has 190 valence electrons. The Labute approximate surface area is 206 Å². The molecule has 4 fully saturated rings. The van der Waals surface area contributed by atoms with Crippen LogP contribution in [0.5, 0.6) is 0 Å². The first-order valence-corrected chi connectivity index (χ1v) is 13.7. The molecule has 4 saturated carbocycles. The minimum Gasteiger partial charge on any atom is -0.481 e. The highest BCUT2D eigenvalue weighted by atomic mass is 16.4. The molecular formula is C30H46O4. The van der Waals surface area contributed by atoms with Gasteiger partial charge in [0.15, 0.2) is 0 Å². The van der Waals surface area contributed by atoms with Crippen molar-refractivity contribution >= 4 is 11.8 Å². The summed E-state index contributed by atoms with van der Waals surface area (Å²) < 4.78 is 0. The molecule has 0 aromatic carbocycles. The van der Waals surface area contributed by atoms with E-state index < -0.39 is 22.9 Å². The van der Waals surface area contributed by atoms with Crippen molar-refractivity contribution in [3.63, 3.8) is 0 Å². The Bertz CT molecular complexity index is 961. The molecule has 0 radical (unpaired) electrons. The second-order valence-corrected chi connectivity index (χ2v) is 15.0.